The van der Waals surface area contributed by atoms with Gasteiger partial charge in [0.2, 0.25) is 11.9 Å². The number of hydrogen-bond acceptors (Lipinski definition) is 5. The van der Waals surface area contributed by atoms with Crippen molar-refractivity contribution in [1.29, 1.82) is 0 Å². The molecule has 1 heterocycles. The molecule has 0 aliphatic heterocycles. The van der Waals surface area contributed by atoms with Crippen molar-refractivity contribution in [3.05, 3.63) is 5.82 Å². The lowest BCUT2D eigenvalue weighted by molar-refractivity contribution is 0.920. The maximum atomic E-state index is 4.15. The Morgan fingerprint density at radius 2 is 1.85 bits per heavy atom. The Kier molecular flexibility index (Phi) is 3.42. The fourth-order valence-corrected chi connectivity index (χ4v) is 0.910. The second-order valence-electron chi connectivity index (χ2n) is 2.71. The highest BCUT2D eigenvalue weighted by atomic mass is 15.2. The van der Waals surface area contributed by atoms with Gasteiger partial charge in [-0.25, -0.2) is 0 Å². The molecule has 0 aliphatic carbocycles. The molecule has 0 saturated carbocycles. The molecule has 0 spiro atoms. The quantitative estimate of drug-likeness (QED) is 0.726. The number of nitrogens with one attached hydrogen (secondary N) is 2. The summed E-state index contributed by atoms with van der Waals surface area (Å²) in [7, 11) is 1.79. The van der Waals surface area contributed by atoms with Crippen LogP contribution in [0.3, 0.4) is 0 Å². The second kappa shape index (κ2) is 4.59. The zero-order chi connectivity index (χ0) is 9.68. The van der Waals surface area contributed by atoms with E-state index in [2.05, 4.69) is 32.5 Å². The summed E-state index contributed by atoms with van der Waals surface area (Å²) in [4.78, 5) is 12.4. The Bertz CT molecular complexity index is 273. The molecule has 2 N–H and O–H groups in total. The number of rotatable bonds is 4. The van der Waals surface area contributed by atoms with Crippen LogP contribution in [0.15, 0.2) is 0 Å². The van der Waals surface area contributed by atoms with E-state index >= 15 is 0 Å². The second-order valence-corrected chi connectivity index (χ2v) is 2.71. The largest absolute Gasteiger partial charge is 0.357 e. The summed E-state index contributed by atoms with van der Waals surface area (Å²) in [5, 5.41) is 5.99. The van der Waals surface area contributed by atoms with E-state index < -0.39 is 0 Å². The summed E-state index contributed by atoms with van der Waals surface area (Å²) in [6.07, 6.45) is 1.06. The smallest absolute Gasteiger partial charge is 0.227 e. The Morgan fingerprint density at radius 1 is 1.15 bits per heavy atom. The van der Waals surface area contributed by atoms with Gasteiger partial charge < -0.3 is 10.6 Å². The van der Waals surface area contributed by atoms with Gasteiger partial charge in [0, 0.05) is 13.6 Å². The van der Waals surface area contributed by atoms with Crippen LogP contribution in [0.5, 0.6) is 0 Å². The van der Waals surface area contributed by atoms with Gasteiger partial charge in [-0.1, -0.05) is 6.92 Å². The van der Waals surface area contributed by atoms with Gasteiger partial charge in [-0.3, -0.25) is 0 Å². The van der Waals surface area contributed by atoms with Crippen LogP contribution in [-0.4, -0.2) is 28.5 Å². The van der Waals surface area contributed by atoms with Crippen LogP contribution in [0.25, 0.3) is 0 Å². The molecule has 1 rings (SSSR count). The molecule has 0 aliphatic rings. The van der Waals surface area contributed by atoms with Gasteiger partial charge >= 0.3 is 0 Å². The molecule has 0 fully saturated rings. The summed E-state index contributed by atoms with van der Waals surface area (Å²) < 4.78 is 0. The lowest BCUT2D eigenvalue weighted by Crippen LogP contribution is -2.08. The van der Waals surface area contributed by atoms with Crippen LogP contribution in [0.2, 0.25) is 0 Å². The number of aryl methyl sites for hydroxylation is 1. The molecule has 0 saturated heterocycles. The maximum Gasteiger partial charge on any atom is 0.227 e. The van der Waals surface area contributed by atoms with Gasteiger partial charge in [0.05, 0.1) is 0 Å². The zero-order valence-electron chi connectivity index (χ0n) is 8.26. The summed E-state index contributed by atoms with van der Waals surface area (Å²) in [6.45, 7) is 4.83. The summed E-state index contributed by atoms with van der Waals surface area (Å²) in [6, 6.07) is 0. The van der Waals surface area contributed by atoms with Crippen molar-refractivity contribution < 1.29 is 0 Å². The van der Waals surface area contributed by atoms with Gasteiger partial charge in [0.15, 0.2) is 0 Å². The third kappa shape index (κ3) is 2.85. The maximum absolute atomic E-state index is 4.15. The van der Waals surface area contributed by atoms with Crippen molar-refractivity contribution in [3.63, 3.8) is 0 Å². The van der Waals surface area contributed by atoms with E-state index in [1.54, 1.807) is 7.05 Å². The predicted octanol–water partition coefficient (Wildman–Crippen LogP) is 1.04. The highest BCUT2D eigenvalue weighted by molar-refractivity contribution is 5.33. The molecule has 5 nitrogen and oxygen atoms in total. The average Bonchev–Trinajstić information content (AvgIpc) is 2.14. The van der Waals surface area contributed by atoms with Crippen molar-refractivity contribution >= 4 is 11.9 Å². The van der Waals surface area contributed by atoms with Crippen LogP contribution in [-0.2, 0) is 0 Å². The van der Waals surface area contributed by atoms with E-state index in [1.807, 2.05) is 6.92 Å². The summed E-state index contributed by atoms with van der Waals surface area (Å²) in [5.74, 6) is 1.96. The number of aromatic nitrogens is 3. The van der Waals surface area contributed by atoms with E-state index in [4.69, 9.17) is 0 Å². The standard InChI is InChI=1S/C8H15N5/c1-4-5-10-8-12-6(2)11-7(9-3)13-8/h4-5H2,1-3H3,(H2,9,10,11,12,13). The van der Waals surface area contributed by atoms with Crippen molar-refractivity contribution in [1.82, 2.24) is 15.0 Å². The van der Waals surface area contributed by atoms with E-state index in [9.17, 15) is 0 Å². The summed E-state index contributed by atoms with van der Waals surface area (Å²) in [5.41, 5.74) is 0. The van der Waals surface area contributed by atoms with E-state index in [1.165, 1.54) is 0 Å². The van der Waals surface area contributed by atoms with E-state index in [0.717, 1.165) is 18.8 Å². The molecular weight excluding hydrogens is 166 g/mol. The Balaban J connectivity index is 2.76. The average molecular weight is 181 g/mol. The van der Waals surface area contributed by atoms with Crippen molar-refractivity contribution in [2.45, 2.75) is 20.3 Å². The van der Waals surface area contributed by atoms with E-state index in [0.29, 0.717) is 11.9 Å². The molecule has 0 bridgehead atoms. The minimum atomic E-state index is 0.603. The highest BCUT2D eigenvalue weighted by Gasteiger charge is 2.00. The molecule has 0 amide bonds. The minimum Gasteiger partial charge on any atom is -0.357 e. The predicted molar refractivity (Wildman–Crippen MR) is 52.9 cm³/mol. The third-order valence-corrected chi connectivity index (χ3v) is 1.50. The molecule has 0 radical (unpaired) electrons. The molecule has 13 heavy (non-hydrogen) atoms. The number of anilines is 2. The van der Waals surface area contributed by atoms with Crippen LogP contribution >= 0.6 is 0 Å². The summed E-state index contributed by atoms with van der Waals surface area (Å²) >= 11 is 0. The lowest BCUT2D eigenvalue weighted by atomic mass is 10.5. The van der Waals surface area contributed by atoms with Gasteiger partial charge in [-0.2, -0.15) is 15.0 Å². The number of hydrogen-bond donors (Lipinski definition) is 2. The molecular formula is C8H15N5. The van der Waals surface area contributed by atoms with Gasteiger partial charge in [-0.15, -0.1) is 0 Å². The van der Waals surface area contributed by atoms with Crippen molar-refractivity contribution in [2.75, 3.05) is 24.2 Å². The van der Waals surface area contributed by atoms with Crippen molar-refractivity contribution in [2.24, 2.45) is 0 Å². The van der Waals surface area contributed by atoms with Crippen LogP contribution in [0, 0.1) is 6.92 Å². The minimum absolute atomic E-state index is 0.603. The topological polar surface area (TPSA) is 62.7 Å². The van der Waals surface area contributed by atoms with Gasteiger partial charge in [-0.05, 0) is 13.3 Å². The first-order valence-corrected chi connectivity index (χ1v) is 4.40. The van der Waals surface area contributed by atoms with E-state index in [-0.39, 0.29) is 0 Å². The van der Waals surface area contributed by atoms with Gasteiger partial charge in [0.25, 0.3) is 0 Å². The lowest BCUT2D eigenvalue weighted by Gasteiger charge is -2.05. The Hall–Kier alpha value is -1.39. The van der Waals surface area contributed by atoms with Crippen LogP contribution in [0.1, 0.15) is 19.2 Å². The molecule has 1 aromatic rings. The fourth-order valence-electron chi connectivity index (χ4n) is 0.910. The molecule has 72 valence electrons. The Labute approximate surface area is 78.0 Å². The van der Waals surface area contributed by atoms with Crippen molar-refractivity contribution in [3.8, 4) is 0 Å². The number of nitrogens with zero attached hydrogens (tertiary/aromatic N) is 3. The zero-order valence-corrected chi connectivity index (χ0v) is 8.26. The molecule has 5 heteroatoms. The van der Waals surface area contributed by atoms with Crippen LogP contribution in [0.4, 0.5) is 11.9 Å². The molecule has 0 aromatic carbocycles. The molecule has 0 unspecified atom stereocenters. The Morgan fingerprint density at radius 3 is 2.46 bits per heavy atom. The fraction of sp³-hybridized carbons (Fsp3) is 0.625. The normalized spacial score (nSPS) is 9.77. The van der Waals surface area contributed by atoms with Crippen LogP contribution < -0.4 is 10.6 Å². The highest BCUT2D eigenvalue weighted by Crippen LogP contribution is 2.03. The van der Waals surface area contributed by atoms with Gasteiger partial charge in [0.1, 0.15) is 5.82 Å². The third-order valence-electron chi connectivity index (χ3n) is 1.50. The molecule has 0 atom stereocenters. The first-order chi connectivity index (χ1) is 6.26. The SMILES string of the molecule is CCCNc1nc(C)nc(NC)n1. The first kappa shape index (κ1) is 9.70. The first-order valence-electron chi connectivity index (χ1n) is 4.40. The monoisotopic (exact) mass is 181 g/mol. The molecule has 1 aromatic heterocycles.